The number of nitrogens with one attached hydrogen (secondary N) is 1. The molecule has 6 nitrogen and oxygen atoms in total. The van der Waals surface area contributed by atoms with E-state index in [0.29, 0.717) is 4.90 Å². The van der Waals surface area contributed by atoms with Gasteiger partial charge in [0.05, 0.1) is 12.8 Å². The van der Waals surface area contributed by atoms with Gasteiger partial charge < -0.3 is 15.7 Å². The predicted molar refractivity (Wildman–Crippen MR) is 52.0 cm³/mol. The highest BCUT2D eigenvalue weighted by molar-refractivity contribution is 5.98. The summed E-state index contributed by atoms with van der Waals surface area (Å²) in [4.78, 5) is 12.1. The molecule has 4 N–H and O–H groups in total. The van der Waals surface area contributed by atoms with Crippen molar-refractivity contribution in [1.29, 1.82) is 0 Å². The average molecular weight is 252 g/mol. The fourth-order valence-corrected chi connectivity index (χ4v) is 1.23. The maximum Gasteiger partial charge on any atom is 0.406 e. The minimum Gasteiger partial charge on any atom is -0.395 e. The minimum atomic E-state index is -4.54. The molecule has 0 fully saturated rings. The van der Waals surface area contributed by atoms with Crippen molar-refractivity contribution in [1.82, 2.24) is 15.1 Å². The smallest absolute Gasteiger partial charge is 0.395 e. The van der Waals surface area contributed by atoms with Crippen molar-refractivity contribution in [2.24, 2.45) is 0 Å². The number of rotatable bonds is 4. The Labute approximate surface area is 94.2 Å². The summed E-state index contributed by atoms with van der Waals surface area (Å²) in [5.41, 5.74) is 5.18. The Kier molecular flexibility index (Phi) is 3.94. The molecule has 0 aliphatic carbocycles. The molecule has 0 saturated carbocycles. The van der Waals surface area contributed by atoms with E-state index >= 15 is 0 Å². The lowest BCUT2D eigenvalue weighted by molar-refractivity contribution is -0.141. The van der Waals surface area contributed by atoms with Gasteiger partial charge in [-0.1, -0.05) is 0 Å². The van der Waals surface area contributed by atoms with Gasteiger partial charge in [0.15, 0.2) is 0 Å². The van der Waals surface area contributed by atoms with E-state index in [-0.39, 0.29) is 11.4 Å². The molecule has 0 bridgehead atoms. The summed E-state index contributed by atoms with van der Waals surface area (Å²) in [7, 11) is 0. The first-order chi connectivity index (χ1) is 7.85. The van der Waals surface area contributed by atoms with Gasteiger partial charge in [-0.15, -0.1) is 0 Å². The Morgan fingerprint density at radius 2 is 2.24 bits per heavy atom. The number of alkyl halides is 3. The molecule has 1 heterocycles. The zero-order valence-electron chi connectivity index (χ0n) is 8.66. The van der Waals surface area contributed by atoms with Crippen molar-refractivity contribution in [2.45, 2.75) is 6.18 Å². The van der Waals surface area contributed by atoms with Crippen LogP contribution in [0, 0.1) is 0 Å². The van der Waals surface area contributed by atoms with E-state index in [2.05, 4.69) is 10.2 Å². The van der Waals surface area contributed by atoms with Gasteiger partial charge in [0, 0.05) is 6.54 Å². The Bertz CT molecular complexity index is 390. The molecule has 1 aromatic heterocycles. The van der Waals surface area contributed by atoms with E-state index in [1.165, 1.54) is 0 Å². The van der Waals surface area contributed by atoms with Gasteiger partial charge in [0.1, 0.15) is 17.9 Å². The van der Waals surface area contributed by atoms with Crippen LogP contribution in [0.4, 0.5) is 19.0 Å². The quantitative estimate of drug-likeness (QED) is 0.702. The number of amides is 1. The molecule has 0 aliphatic rings. The molecule has 0 unspecified atom stereocenters. The second-order valence-electron chi connectivity index (χ2n) is 3.26. The van der Waals surface area contributed by atoms with Crippen LogP contribution in [-0.4, -0.2) is 52.0 Å². The molecule has 1 rings (SSSR count). The fourth-order valence-electron chi connectivity index (χ4n) is 1.23. The molecule has 0 saturated heterocycles. The number of hydrogen-bond acceptors (Lipinski definition) is 4. The molecule has 1 aromatic rings. The fraction of sp³-hybridized carbons (Fsp3) is 0.500. The van der Waals surface area contributed by atoms with Crippen molar-refractivity contribution >= 4 is 11.7 Å². The summed E-state index contributed by atoms with van der Waals surface area (Å²) in [5.74, 6) is -1.04. The number of nitrogen functional groups attached to an aromatic ring is 1. The van der Waals surface area contributed by atoms with Gasteiger partial charge in [0.2, 0.25) is 0 Å². The molecule has 17 heavy (non-hydrogen) atoms. The van der Waals surface area contributed by atoms with Gasteiger partial charge in [-0.3, -0.25) is 9.89 Å². The van der Waals surface area contributed by atoms with E-state index in [1.807, 2.05) is 0 Å². The van der Waals surface area contributed by atoms with Gasteiger partial charge in [-0.05, 0) is 0 Å². The minimum absolute atomic E-state index is 0.111. The van der Waals surface area contributed by atoms with E-state index in [4.69, 9.17) is 10.8 Å². The summed E-state index contributed by atoms with van der Waals surface area (Å²) in [6.07, 6.45) is -3.50. The molecule has 0 spiro atoms. The maximum absolute atomic E-state index is 12.2. The summed E-state index contributed by atoms with van der Waals surface area (Å²) in [6, 6.07) is 0. The number of aromatic nitrogens is 2. The number of carbonyl (C=O) groups excluding carboxylic acids is 1. The second kappa shape index (κ2) is 5.04. The Balaban J connectivity index is 2.84. The number of anilines is 1. The first kappa shape index (κ1) is 13.3. The molecule has 0 atom stereocenters. The van der Waals surface area contributed by atoms with Crippen molar-refractivity contribution in [3.8, 4) is 0 Å². The van der Waals surface area contributed by atoms with E-state index < -0.39 is 31.8 Å². The lowest BCUT2D eigenvalue weighted by atomic mass is 10.2. The first-order valence-electron chi connectivity index (χ1n) is 4.61. The van der Waals surface area contributed by atoms with Gasteiger partial charge in [-0.25, -0.2) is 0 Å². The van der Waals surface area contributed by atoms with Crippen molar-refractivity contribution < 1.29 is 23.1 Å². The highest BCUT2D eigenvalue weighted by Crippen LogP contribution is 2.19. The molecule has 9 heteroatoms. The molecule has 0 radical (unpaired) electrons. The number of aliphatic hydroxyl groups excluding tert-OH is 1. The highest BCUT2D eigenvalue weighted by atomic mass is 19.4. The molecular weight excluding hydrogens is 241 g/mol. The maximum atomic E-state index is 12.2. The Morgan fingerprint density at radius 1 is 1.59 bits per heavy atom. The summed E-state index contributed by atoms with van der Waals surface area (Å²) in [5, 5.41) is 14.3. The molecule has 1 amide bonds. The predicted octanol–water partition coefficient (Wildman–Crippen LogP) is -0.0113. The zero-order chi connectivity index (χ0) is 13.1. The zero-order valence-corrected chi connectivity index (χ0v) is 8.66. The highest BCUT2D eigenvalue weighted by Gasteiger charge is 2.33. The van der Waals surface area contributed by atoms with E-state index in [9.17, 15) is 18.0 Å². The Morgan fingerprint density at radius 3 is 2.65 bits per heavy atom. The van der Waals surface area contributed by atoms with Crippen molar-refractivity contribution in [3.05, 3.63) is 11.8 Å². The van der Waals surface area contributed by atoms with E-state index in [0.717, 1.165) is 6.20 Å². The number of carbonyl (C=O) groups is 1. The van der Waals surface area contributed by atoms with Crippen LogP contribution in [0.1, 0.15) is 10.4 Å². The average Bonchev–Trinajstić information content (AvgIpc) is 2.61. The number of halogens is 3. The summed E-state index contributed by atoms with van der Waals surface area (Å²) < 4.78 is 36.6. The van der Waals surface area contributed by atoms with Crippen LogP contribution in [0.2, 0.25) is 0 Å². The summed E-state index contributed by atoms with van der Waals surface area (Å²) in [6.45, 7) is -2.44. The third kappa shape index (κ3) is 3.63. The van der Waals surface area contributed by atoms with Crippen molar-refractivity contribution in [2.75, 3.05) is 25.4 Å². The van der Waals surface area contributed by atoms with E-state index in [1.54, 1.807) is 0 Å². The van der Waals surface area contributed by atoms with Gasteiger partial charge in [0.25, 0.3) is 5.91 Å². The van der Waals surface area contributed by atoms with Crippen LogP contribution in [0.15, 0.2) is 6.20 Å². The van der Waals surface area contributed by atoms with Crippen LogP contribution in [-0.2, 0) is 0 Å². The lowest BCUT2D eigenvalue weighted by Crippen LogP contribution is -2.40. The standard InChI is InChI=1S/C8H11F3N4O2/c9-8(10,11)4-15(1-2-16)7(17)5-3-13-14-6(5)12/h3,16H,1-2,4H2,(H3,12,13,14). The first-order valence-corrected chi connectivity index (χ1v) is 4.61. The summed E-state index contributed by atoms with van der Waals surface area (Å²) >= 11 is 0. The number of aromatic amines is 1. The topological polar surface area (TPSA) is 95.2 Å². The monoisotopic (exact) mass is 252 g/mol. The van der Waals surface area contributed by atoms with Gasteiger partial charge >= 0.3 is 6.18 Å². The molecular formula is C8H11F3N4O2. The van der Waals surface area contributed by atoms with Crippen LogP contribution in [0.3, 0.4) is 0 Å². The SMILES string of the molecule is Nc1[nH]ncc1C(=O)N(CCO)CC(F)(F)F. The number of aliphatic hydroxyl groups is 1. The van der Waals surface area contributed by atoms with Crippen LogP contribution in [0.5, 0.6) is 0 Å². The number of hydrogen-bond donors (Lipinski definition) is 3. The van der Waals surface area contributed by atoms with Crippen molar-refractivity contribution in [3.63, 3.8) is 0 Å². The number of nitrogens with zero attached hydrogens (tertiary/aromatic N) is 2. The third-order valence-corrected chi connectivity index (χ3v) is 1.93. The largest absolute Gasteiger partial charge is 0.406 e. The molecule has 0 aromatic carbocycles. The Hall–Kier alpha value is -1.77. The number of H-pyrrole nitrogens is 1. The third-order valence-electron chi connectivity index (χ3n) is 1.93. The lowest BCUT2D eigenvalue weighted by Gasteiger charge is -2.22. The molecule has 96 valence electrons. The van der Waals surface area contributed by atoms with Crippen LogP contribution in [0.25, 0.3) is 0 Å². The van der Waals surface area contributed by atoms with Gasteiger partial charge in [-0.2, -0.15) is 18.3 Å². The number of nitrogens with two attached hydrogens (primary N) is 1. The van der Waals surface area contributed by atoms with Crippen LogP contribution >= 0.6 is 0 Å². The van der Waals surface area contributed by atoms with Crippen LogP contribution < -0.4 is 5.73 Å². The normalized spacial score (nSPS) is 11.5. The second-order valence-corrected chi connectivity index (χ2v) is 3.26. The molecule has 0 aliphatic heterocycles.